The number of urea groups is 1. The maximum absolute atomic E-state index is 14.1. The summed E-state index contributed by atoms with van der Waals surface area (Å²) in [5.74, 6) is -2.23. The molecule has 4 rings (SSSR count). The summed E-state index contributed by atoms with van der Waals surface area (Å²) >= 11 is 0. The van der Waals surface area contributed by atoms with Crippen LogP contribution < -0.4 is 5.32 Å². The Balaban J connectivity index is 1.48. The first kappa shape index (κ1) is 26.0. The van der Waals surface area contributed by atoms with E-state index in [9.17, 15) is 18.4 Å². The van der Waals surface area contributed by atoms with Crippen molar-refractivity contribution < 1.29 is 23.1 Å². The van der Waals surface area contributed by atoms with Gasteiger partial charge in [0.25, 0.3) is 5.91 Å². The van der Waals surface area contributed by atoms with Crippen LogP contribution in [0.15, 0.2) is 18.2 Å². The van der Waals surface area contributed by atoms with Crippen LogP contribution in [0.1, 0.15) is 55.7 Å². The largest absolute Gasteiger partial charge is 0.385 e. The molecule has 2 aliphatic rings. The highest BCUT2D eigenvalue weighted by atomic mass is 19.1. The number of benzene rings is 1. The zero-order chi connectivity index (χ0) is 26.2. The molecule has 2 N–H and O–H groups in total. The van der Waals surface area contributed by atoms with E-state index in [0.29, 0.717) is 30.5 Å². The molecule has 36 heavy (non-hydrogen) atoms. The smallest absolute Gasteiger partial charge is 0.321 e. The molecule has 2 atom stereocenters. The van der Waals surface area contributed by atoms with Gasteiger partial charge < -0.3 is 19.9 Å². The van der Waals surface area contributed by atoms with Gasteiger partial charge in [0.05, 0.1) is 23.3 Å². The minimum Gasteiger partial charge on any atom is -0.385 e. The van der Waals surface area contributed by atoms with Gasteiger partial charge in [-0.3, -0.25) is 14.8 Å². The third-order valence-corrected chi connectivity index (χ3v) is 7.26. The summed E-state index contributed by atoms with van der Waals surface area (Å²) in [6.07, 6.45) is 0.943. The monoisotopic (exact) mass is 504 g/mol. The summed E-state index contributed by atoms with van der Waals surface area (Å²) in [7, 11) is 1.70. The van der Waals surface area contributed by atoms with Gasteiger partial charge in [-0.2, -0.15) is 5.10 Å². The summed E-state index contributed by atoms with van der Waals surface area (Å²) in [5, 5.41) is 9.76. The SMILES string of the molecule is COCCCN1C[C@@H](C)N(C(=O)N2Cc3c(NC(=O)c4ccc(F)cc4F)n[nH]c3C2(C)C)C[C@@H]1C. The van der Waals surface area contributed by atoms with Crippen molar-refractivity contribution in [2.24, 2.45) is 0 Å². The summed E-state index contributed by atoms with van der Waals surface area (Å²) in [6, 6.07) is 2.94. The first-order valence-electron chi connectivity index (χ1n) is 12.2. The summed E-state index contributed by atoms with van der Waals surface area (Å²) < 4.78 is 32.5. The zero-order valence-electron chi connectivity index (χ0n) is 21.4. The normalized spacial score (nSPS) is 21.5. The van der Waals surface area contributed by atoms with E-state index in [1.807, 2.05) is 18.7 Å². The second-order valence-electron chi connectivity index (χ2n) is 10.1. The van der Waals surface area contributed by atoms with Gasteiger partial charge in [-0.1, -0.05) is 0 Å². The lowest BCUT2D eigenvalue weighted by Gasteiger charge is -2.46. The lowest BCUT2D eigenvalue weighted by atomic mass is 10.0. The van der Waals surface area contributed by atoms with Crippen LogP contribution in [-0.4, -0.2) is 82.3 Å². The molecule has 1 fully saturated rings. The zero-order valence-corrected chi connectivity index (χ0v) is 21.4. The lowest BCUT2D eigenvalue weighted by Crippen LogP contribution is -2.61. The number of fused-ring (bicyclic) bond motifs is 1. The topological polar surface area (TPSA) is 93.8 Å². The molecule has 3 amide bonds. The van der Waals surface area contributed by atoms with Gasteiger partial charge in [0.2, 0.25) is 0 Å². The first-order chi connectivity index (χ1) is 17.0. The van der Waals surface area contributed by atoms with E-state index in [4.69, 9.17) is 4.74 Å². The number of rotatable bonds is 6. The molecular formula is C25H34F2N6O3. The van der Waals surface area contributed by atoms with Crippen molar-refractivity contribution in [2.45, 2.75) is 58.3 Å². The van der Waals surface area contributed by atoms with E-state index >= 15 is 0 Å². The van der Waals surface area contributed by atoms with E-state index < -0.39 is 23.1 Å². The Morgan fingerprint density at radius 2 is 1.97 bits per heavy atom. The van der Waals surface area contributed by atoms with Crippen LogP contribution in [0.3, 0.4) is 0 Å². The number of carbonyl (C=O) groups excluding carboxylic acids is 2. The Morgan fingerprint density at radius 1 is 1.22 bits per heavy atom. The second kappa shape index (κ2) is 10.1. The van der Waals surface area contributed by atoms with Crippen molar-refractivity contribution in [3.63, 3.8) is 0 Å². The number of nitrogens with zero attached hydrogens (tertiary/aromatic N) is 4. The predicted molar refractivity (Wildman–Crippen MR) is 131 cm³/mol. The number of ether oxygens (including phenoxy) is 1. The Morgan fingerprint density at radius 3 is 2.67 bits per heavy atom. The molecule has 3 heterocycles. The second-order valence-corrected chi connectivity index (χ2v) is 10.1. The van der Waals surface area contributed by atoms with Crippen molar-refractivity contribution >= 4 is 17.8 Å². The standard InChI is InChI=1S/C25H34F2N6O3/c1-15-13-32(16(2)12-31(15)9-6-10-36-5)24(35)33-14-19-21(25(33,3)4)29-30-22(19)28-23(34)18-8-7-17(26)11-20(18)27/h7-8,11,15-16H,6,9-10,12-14H2,1-5H3,(H2,28,29,30,34)/t15-,16+/m0/s1. The van der Waals surface area contributed by atoms with Gasteiger partial charge in [-0.15, -0.1) is 0 Å². The van der Waals surface area contributed by atoms with Crippen LogP contribution in [0, 0.1) is 11.6 Å². The molecule has 0 aliphatic carbocycles. The fourth-order valence-electron chi connectivity index (χ4n) is 5.12. The molecule has 0 spiro atoms. The van der Waals surface area contributed by atoms with Gasteiger partial charge in [0.15, 0.2) is 5.82 Å². The molecule has 1 aromatic heterocycles. The number of aromatic amines is 1. The number of halogens is 2. The van der Waals surface area contributed by atoms with Crippen molar-refractivity contribution in [1.29, 1.82) is 0 Å². The Labute approximate surface area is 209 Å². The van der Waals surface area contributed by atoms with Crippen molar-refractivity contribution in [2.75, 3.05) is 38.7 Å². The number of hydrogen-bond acceptors (Lipinski definition) is 5. The third kappa shape index (κ3) is 4.81. The van der Waals surface area contributed by atoms with E-state index in [1.165, 1.54) is 0 Å². The maximum atomic E-state index is 14.1. The minimum atomic E-state index is -0.957. The Kier molecular flexibility index (Phi) is 7.33. The first-order valence-corrected chi connectivity index (χ1v) is 12.2. The molecule has 196 valence electrons. The van der Waals surface area contributed by atoms with E-state index in [-0.39, 0.29) is 36.0 Å². The average molecular weight is 505 g/mol. The quantitative estimate of drug-likeness (QED) is 0.587. The van der Waals surface area contributed by atoms with Crippen LogP contribution in [0.2, 0.25) is 0 Å². The lowest BCUT2D eigenvalue weighted by molar-refractivity contribution is 0.0315. The molecule has 0 saturated carbocycles. The molecule has 0 bridgehead atoms. The number of aromatic nitrogens is 2. The number of nitrogens with one attached hydrogen (secondary N) is 2. The van der Waals surface area contributed by atoms with E-state index in [2.05, 4.69) is 34.3 Å². The number of carbonyl (C=O) groups is 2. The van der Waals surface area contributed by atoms with Gasteiger partial charge >= 0.3 is 6.03 Å². The highest BCUT2D eigenvalue weighted by molar-refractivity contribution is 6.04. The molecule has 9 nitrogen and oxygen atoms in total. The van der Waals surface area contributed by atoms with Crippen LogP contribution in [0.25, 0.3) is 0 Å². The van der Waals surface area contributed by atoms with Crippen LogP contribution in [0.5, 0.6) is 0 Å². The third-order valence-electron chi connectivity index (χ3n) is 7.26. The molecule has 1 saturated heterocycles. The van der Waals surface area contributed by atoms with Crippen LogP contribution in [0.4, 0.5) is 19.4 Å². The number of H-pyrrole nitrogens is 1. The summed E-state index contributed by atoms with van der Waals surface area (Å²) in [4.78, 5) is 32.5. The van der Waals surface area contributed by atoms with Crippen LogP contribution in [-0.2, 0) is 16.8 Å². The molecule has 2 aliphatic heterocycles. The summed E-state index contributed by atoms with van der Waals surface area (Å²) in [5.41, 5.74) is 0.402. The molecule has 0 radical (unpaired) electrons. The number of methoxy groups -OCH3 is 1. The van der Waals surface area contributed by atoms with Gasteiger partial charge in [0, 0.05) is 57.1 Å². The van der Waals surface area contributed by atoms with Crippen LogP contribution >= 0.6 is 0 Å². The highest BCUT2D eigenvalue weighted by Crippen LogP contribution is 2.41. The fourth-order valence-corrected chi connectivity index (χ4v) is 5.12. The fraction of sp³-hybridized carbons (Fsp3) is 0.560. The van der Waals surface area contributed by atoms with E-state index in [1.54, 1.807) is 12.0 Å². The molecule has 0 unspecified atom stereocenters. The van der Waals surface area contributed by atoms with Crippen molar-refractivity contribution in [3.8, 4) is 0 Å². The average Bonchev–Trinajstić information content (AvgIpc) is 3.33. The maximum Gasteiger partial charge on any atom is 0.321 e. The predicted octanol–water partition coefficient (Wildman–Crippen LogP) is 3.54. The minimum absolute atomic E-state index is 0.0322. The van der Waals surface area contributed by atoms with Crippen molar-refractivity contribution in [1.82, 2.24) is 24.9 Å². The van der Waals surface area contributed by atoms with Gasteiger partial charge in [-0.25, -0.2) is 13.6 Å². The molecular weight excluding hydrogens is 470 g/mol. The number of anilines is 1. The molecule has 11 heteroatoms. The number of piperazine rings is 1. The molecule has 2 aromatic rings. The highest BCUT2D eigenvalue weighted by Gasteiger charge is 2.46. The van der Waals surface area contributed by atoms with E-state index in [0.717, 1.165) is 31.6 Å². The van der Waals surface area contributed by atoms with Crippen molar-refractivity contribution in [3.05, 3.63) is 46.7 Å². The Hall–Kier alpha value is -3.05. The number of amides is 3. The Bertz CT molecular complexity index is 1140. The van der Waals surface area contributed by atoms with Gasteiger partial charge in [0.1, 0.15) is 11.6 Å². The number of hydrogen-bond donors (Lipinski definition) is 2. The summed E-state index contributed by atoms with van der Waals surface area (Å²) in [6.45, 7) is 11.3. The van der Waals surface area contributed by atoms with Gasteiger partial charge in [-0.05, 0) is 46.2 Å². The molecule has 1 aromatic carbocycles.